The SMILES string of the molecule is COc1nc(CNC(=O)c2ccccn2)nc(N2CCOCC2)n1. The Kier molecular flexibility index (Phi) is 5.12. The van der Waals surface area contributed by atoms with Gasteiger partial charge >= 0.3 is 6.01 Å². The lowest BCUT2D eigenvalue weighted by molar-refractivity contribution is 0.0944. The van der Waals surface area contributed by atoms with Crippen molar-refractivity contribution in [2.45, 2.75) is 6.54 Å². The van der Waals surface area contributed by atoms with Gasteiger partial charge in [-0.25, -0.2) is 0 Å². The Morgan fingerprint density at radius 3 is 2.83 bits per heavy atom. The van der Waals surface area contributed by atoms with Crippen molar-refractivity contribution < 1.29 is 14.3 Å². The van der Waals surface area contributed by atoms with Crippen LogP contribution >= 0.6 is 0 Å². The number of morpholine rings is 1. The van der Waals surface area contributed by atoms with Crippen LogP contribution in [0.5, 0.6) is 6.01 Å². The number of nitrogens with zero attached hydrogens (tertiary/aromatic N) is 5. The summed E-state index contributed by atoms with van der Waals surface area (Å²) < 4.78 is 10.5. The first-order chi connectivity index (χ1) is 11.8. The fraction of sp³-hybridized carbons (Fsp3) is 0.400. The number of aromatic nitrogens is 4. The van der Waals surface area contributed by atoms with Crippen molar-refractivity contribution in [3.05, 3.63) is 35.9 Å². The van der Waals surface area contributed by atoms with E-state index < -0.39 is 0 Å². The van der Waals surface area contributed by atoms with Crippen molar-refractivity contribution >= 4 is 11.9 Å². The highest BCUT2D eigenvalue weighted by Gasteiger charge is 2.17. The third-order valence-corrected chi connectivity index (χ3v) is 3.43. The molecule has 3 rings (SSSR count). The minimum atomic E-state index is -0.289. The molecule has 1 N–H and O–H groups in total. The van der Waals surface area contributed by atoms with Crippen LogP contribution in [0.2, 0.25) is 0 Å². The van der Waals surface area contributed by atoms with Crippen molar-refractivity contribution in [1.29, 1.82) is 0 Å². The average Bonchev–Trinajstić information content (AvgIpc) is 2.67. The van der Waals surface area contributed by atoms with Crippen LogP contribution in [-0.4, -0.2) is 59.3 Å². The molecule has 0 unspecified atom stereocenters. The van der Waals surface area contributed by atoms with Gasteiger partial charge in [0.2, 0.25) is 5.95 Å². The normalized spacial score (nSPS) is 14.3. The Balaban J connectivity index is 1.71. The topological polar surface area (TPSA) is 102 Å². The molecule has 0 saturated carbocycles. The predicted molar refractivity (Wildman–Crippen MR) is 84.8 cm³/mol. The predicted octanol–water partition coefficient (Wildman–Crippen LogP) is 0.0418. The highest BCUT2D eigenvalue weighted by Crippen LogP contribution is 2.13. The number of methoxy groups -OCH3 is 1. The second kappa shape index (κ2) is 7.64. The number of nitrogens with one attached hydrogen (secondary N) is 1. The molecule has 0 bridgehead atoms. The van der Waals surface area contributed by atoms with Crippen LogP contribution in [0.25, 0.3) is 0 Å². The largest absolute Gasteiger partial charge is 0.467 e. The van der Waals surface area contributed by atoms with Crippen LogP contribution in [-0.2, 0) is 11.3 Å². The van der Waals surface area contributed by atoms with Crippen molar-refractivity contribution in [1.82, 2.24) is 25.3 Å². The number of hydrogen-bond donors (Lipinski definition) is 1. The molecule has 126 valence electrons. The van der Waals surface area contributed by atoms with E-state index >= 15 is 0 Å². The lowest BCUT2D eigenvalue weighted by atomic mass is 10.3. The van der Waals surface area contributed by atoms with Gasteiger partial charge in [0.25, 0.3) is 5.91 Å². The molecule has 2 aromatic heterocycles. The lowest BCUT2D eigenvalue weighted by Gasteiger charge is -2.26. The Hall–Kier alpha value is -2.81. The zero-order chi connectivity index (χ0) is 16.8. The van der Waals surface area contributed by atoms with Crippen LogP contribution in [0.4, 0.5) is 5.95 Å². The number of ether oxygens (including phenoxy) is 2. The molecule has 24 heavy (non-hydrogen) atoms. The summed E-state index contributed by atoms with van der Waals surface area (Å²) in [7, 11) is 1.49. The third-order valence-electron chi connectivity index (χ3n) is 3.43. The van der Waals surface area contributed by atoms with Gasteiger partial charge in [0, 0.05) is 19.3 Å². The van der Waals surface area contributed by atoms with E-state index in [4.69, 9.17) is 9.47 Å². The van der Waals surface area contributed by atoms with Gasteiger partial charge in [-0.3, -0.25) is 9.78 Å². The molecule has 0 spiro atoms. The molecule has 0 radical (unpaired) electrons. The highest BCUT2D eigenvalue weighted by molar-refractivity contribution is 5.92. The van der Waals surface area contributed by atoms with E-state index in [9.17, 15) is 4.79 Å². The maximum absolute atomic E-state index is 12.1. The van der Waals surface area contributed by atoms with Gasteiger partial charge in [-0.15, -0.1) is 0 Å². The molecule has 2 aromatic rings. The van der Waals surface area contributed by atoms with Gasteiger partial charge in [0.15, 0.2) is 5.82 Å². The zero-order valence-electron chi connectivity index (χ0n) is 13.3. The summed E-state index contributed by atoms with van der Waals surface area (Å²) in [5.74, 6) is 0.655. The van der Waals surface area contributed by atoms with E-state index in [-0.39, 0.29) is 18.5 Å². The second-order valence-corrected chi connectivity index (χ2v) is 5.04. The van der Waals surface area contributed by atoms with E-state index in [2.05, 4.69) is 25.3 Å². The molecule has 9 heteroatoms. The quantitative estimate of drug-likeness (QED) is 0.820. The molecule has 1 aliphatic heterocycles. The average molecular weight is 330 g/mol. The number of carbonyl (C=O) groups is 1. The molecule has 1 saturated heterocycles. The number of anilines is 1. The first kappa shape index (κ1) is 16.1. The molecule has 1 fully saturated rings. The van der Waals surface area contributed by atoms with E-state index in [0.29, 0.717) is 43.8 Å². The van der Waals surface area contributed by atoms with Crippen molar-refractivity contribution in [3.8, 4) is 6.01 Å². The first-order valence-corrected chi connectivity index (χ1v) is 7.57. The van der Waals surface area contributed by atoms with Crippen LogP contribution < -0.4 is 15.0 Å². The number of rotatable bonds is 5. The maximum Gasteiger partial charge on any atom is 0.321 e. The molecular weight excluding hydrogens is 312 g/mol. The number of hydrogen-bond acceptors (Lipinski definition) is 8. The van der Waals surface area contributed by atoms with Gasteiger partial charge < -0.3 is 19.7 Å². The first-order valence-electron chi connectivity index (χ1n) is 7.57. The number of pyridine rings is 1. The van der Waals surface area contributed by atoms with Gasteiger partial charge in [0.05, 0.1) is 26.9 Å². The van der Waals surface area contributed by atoms with Gasteiger partial charge in [-0.05, 0) is 12.1 Å². The summed E-state index contributed by atoms with van der Waals surface area (Å²) in [6.45, 7) is 2.81. The van der Waals surface area contributed by atoms with E-state index in [0.717, 1.165) is 0 Å². The minimum absolute atomic E-state index is 0.158. The Labute approximate surface area is 139 Å². The summed E-state index contributed by atoms with van der Waals surface area (Å²) in [5.41, 5.74) is 0.340. The van der Waals surface area contributed by atoms with E-state index in [1.165, 1.54) is 7.11 Å². The highest BCUT2D eigenvalue weighted by atomic mass is 16.5. The van der Waals surface area contributed by atoms with Crippen LogP contribution in [0.15, 0.2) is 24.4 Å². The monoisotopic (exact) mass is 330 g/mol. The molecule has 0 aromatic carbocycles. The van der Waals surface area contributed by atoms with Gasteiger partial charge in [-0.2, -0.15) is 15.0 Å². The van der Waals surface area contributed by atoms with E-state index in [1.807, 2.05) is 4.90 Å². The van der Waals surface area contributed by atoms with E-state index in [1.54, 1.807) is 24.4 Å². The summed E-state index contributed by atoms with van der Waals surface area (Å²) in [6.07, 6.45) is 1.57. The third kappa shape index (κ3) is 3.93. The van der Waals surface area contributed by atoms with Crippen LogP contribution in [0.3, 0.4) is 0 Å². The molecule has 0 atom stereocenters. The summed E-state index contributed by atoms with van der Waals surface area (Å²) >= 11 is 0. The van der Waals surface area contributed by atoms with Gasteiger partial charge in [-0.1, -0.05) is 6.07 Å². The molecule has 1 amide bonds. The summed E-state index contributed by atoms with van der Waals surface area (Å²) in [4.78, 5) is 30.9. The van der Waals surface area contributed by atoms with Crippen LogP contribution in [0, 0.1) is 0 Å². The zero-order valence-corrected chi connectivity index (χ0v) is 13.3. The summed E-state index contributed by atoms with van der Waals surface area (Å²) in [5, 5.41) is 2.74. The van der Waals surface area contributed by atoms with Gasteiger partial charge in [0.1, 0.15) is 5.69 Å². The fourth-order valence-electron chi connectivity index (χ4n) is 2.21. The van der Waals surface area contributed by atoms with Crippen LogP contribution in [0.1, 0.15) is 16.3 Å². The Morgan fingerprint density at radius 1 is 1.29 bits per heavy atom. The molecule has 9 nitrogen and oxygen atoms in total. The fourth-order valence-corrected chi connectivity index (χ4v) is 2.21. The molecule has 0 aliphatic carbocycles. The number of amides is 1. The second-order valence-electron chi connectivity index (χ2n) is 5.04. The summed E-state index contributed by atoms with van der Waals surface area (Å²) in [6, 6.07) is 5.36. The molecule has 1 aliphatic rings. The van der Waals surface area contributed by atoms with Crippen molar-refractivity contribution in [2.75, 3.05) is 38.3 Å². The maximum atomic E-state index is 12.1. The Bertz CT molecular complexity index is 691. The van der Waals surface area contributed by atoms with Crippen molar-refractivity contribution in [2.24, 2.45) is 0 Å². The molecule has 3 heterocycles. The van der Waals surface area contributed by atoms with Crippen molar-refractivity contribution in [3.63, 3.8) is 0 Å². The smallest absolute Gasteiger partial charge is 0.321 e. The molecular formula is C15H18N6O3. The number of carbonyl (C=O) groups excluding carboxylic acids is 1. The standard InChI is InChI=1S/C15H18N6O3/c1-23-15-19-12(10-17-13(22)11-4-2-3-5-16-11)18-14(20-15)21-6-8-24-9-7-21/h2-5H,6-10H2,1H3,(H,17,22). The Morgan fingerprint density at radius 2 is 2.12 bits per heavy atom. The minimum Gasteiger partial charge on any atom is -0.467 e. The lowest BCUT2D eigenvalue weighted by Crippen LogP contribution is -2.37.